The molecule has 2 atom stereocenters. The highest BCUT2D eigenvalue weighted by Crippen LogP contribution is 2.52. The summed E-state index contributed by atoms with van der Waals surface area (Å²) in [7, 11) is 0. The normalized spacial score (nSPS) is 20.4. The monoisotopic (exact) mass is 395 g/mol. The van der Waals surface area contributed by atoms with E-state index in [9.17, 15) is 0 Å². The maximum Gasteiger partial charge on any atom is 0.0455 e. The standard InChI is InChI=1S/C27H25NS/c1-4-18-14-17-8-7-10-21(27(17)28-18)24-15(2)16(3)25-20(24)12-13-23-26(25)19-9-5-6-11-22(19)29-23/h5-13,16,18,28H,4,14H2,1-3H3. The minimum Gasteiger partial charge on any atom is -0.381 e. The predicted molar refractivity (Wildman–Crippen MR) is 127 cm³/mol. The molecule has 6 rings (SSSR count). The van der Waals surface area contributed by atoms with Crippen molar-refractivity contribution in [1.29, 1.82) is 0 Å². The van der Waals surface area contributed by atoms with Crippen LogP contribution in [0.4, 0.5) is 5.69 Å². The second kappa shape index (κ2) is 6.21. The number of hydrogen-bond donors (Lipinski definition) is 1. The van der Waals surface area contributed by atoms with Gasteiger partial charge in [-0.1, -0.05) is 61.9 Å². The van der Waals surface area contributed by atoms with E-state index in [2.05, 4.69) is 80.7 Å². The number of allylic oxidation sites excluding steroid dienone is 1. The summed E-state index contributed by atoms with van der Waals surface area (Å²) in [4.78, 5) is 0. The number of benzene rings is 3. The fourth-order valence-electron chi connectivity index (χ4n) is 5.43. The largest absolute Gasteiger partial charge is 0.381 e. The van der Waals surface area contributed by atoms with Crippen LogP contribution in [0.5, 0.6) is 0 Å². The van der Waals surface area contributed by atoms with Crippen LogP contribution in [0.1, 0.15) is 55.4 Å². The molecule has 144 valence electrons. The lowest BCUT2D eigenvalue weighted by atomic mass is 9.93. The molecule has 0 bridgehead atoms. The highest BCUT2D eigenvalue weighted by atomic mass is 32.1. The Hall–Kier alpha value is -2.58. The first-order chi connectivity index (χ1) is 14.2. The topological polar surface area (TPSA) is 12.0 Å². The molecule has 0 radical (unpaired) electrons. The van der Waals surface area contributed by atoms with Crippen molar-refractivity contribution in [3.05, 3.63) is 82.4 Å². The number of para-hydroxylation sites is 1. The van der Waals surface area contributed by atoms with Crippen LogP contribution in [-0.4, -0.2) is 6.04 Å². The van der Waals surface area contributed by atoms with Crippen LogP contribution in [0.25, 0.3) is 25.7 Å². The molecule has 2 unspecified atom stereocenters. The van der Waals surface area contributed by atoms with E-state index in [0.29, 0.717) is 12.0 Å². The third kappa shape index (κ3) is 2.33. The Labute approximate surface area is 176 Å². The summed E-state index contributed by atoms with van der Waals surface area (Å²) < 4.78 is 2.80. The van der Waals surface area contributed by atoms with Gasteiger partial charge in [0, 0.05) is 43.4 Å². The lowest BCUT2D eigenvalue weighted by Crippen LogP contribution is -2.13. The molecule has 1 aliphatic carbocycles. The van der Waals surface area contributed by atoms with Gasteiger partial charge in [0.15, 0.2) is 0 Å². The van der Waals surface area contributed by atoms with Crippen LogP contribution >= 0.6 is 11.3 Å². The zero-order chi connectivity index (χ0) is 19.7. The summed E-state index contributed by atoms with van der Waals surface area (Å²) in [6.45, 7) is 7.00. The maximum atomic E-state index is 3.83. The van der Waals surface area contributed by atoms with Gasteiger partial charge >= 0.3 is 0 Å². The molecule has 2 heterocycles. The number of anilines is 1. The van der Waals surface area contributed by atoms with Gasteiger partial charge in [0.1, 0.15) is 0 Å². The molecule has 0 amide bonds. The van der Waals surface area contributed by atoms with Gasteiger partial charge in [0.2, 0.25) is 0 Å². The van der Waals surface area contributed by atoms with E-state index in [1.807, 2.05) is 11.3 Å². The Morgan fingerprint density at radius 1 is 0.966 bits per heavy atom. The lowest BCUT2D eigenvalue weighted by molar-refractivity contribution is 0.723. The summed E-state index contributed by atoms with van der Waals surface area (Å²) in [5.41, 5.74) is 10.1. The van der Waals surface area contributed by atoms with Crippen molar-refractivity contribution < 1.29 is 0 Å². The lowest BCUT2D eigenvalue weighted by Gasteiger charge is -2.14. The maximum absolute atomic E-state index is 3.83. The van der Waals surface area contributed by atoms with E-state index in [1.165, 1.54) is 65.7 Å². The number of hydrogen-bond acceptors (Lipinski definition) is 2. The second-order valence-electron chi connectivity index (χ2n) is 8.57. The van der Waals surface area contributed by atoms with Gasteiger partial charge in [-0.05, 0) is 54.2 Å². The first-order valence-corrected chi connectivity index (χ1v) is 11.5. The zero-order valence-electron chi connectivity index (χ0n) is 17.2. The fraction of sp³-hybridized carbons (Fsp3) is 0.259. The summed E-state index contributed by atoms with van der Waals surface area (Å²) in [6.07, 6.45) is 2.31. The van der Waals surface area contributed by atoms with Gasteiger partial charge in [-0.15, -0.1) is 11.3 Å². The Bertz CT molecular complexity index is 1320. The molecule has 0 fully saturated rings. The first kappa shape index (κ1) is 17.3. The van der Waals surface area contributed by atoms with Gasteiger partial charge in [-0.3, -0.25) is 0 Å². The molecule has 0 saturated heterocycles. The molecule has 2 aliphatic rings. The molecule has 29 heavy (non-hydrogen) atoms. The van der Waals surface area contributed by atoms with Crippen molar-refractivity contribution in [3.63, 3.8) is 0 Å². The molecule has 3 aromatic carbocycles. The minimum atomic E-state index is 0.445. The smallest absolute Gasteiger partial charge is 0.0455 e. The molecular weight excluding hydrogens is 370 g/mol. The molecule has 0 saturated carbocycles. The molecule has 1 aliphatic heterocycles. The average molecular weight is 396 g/mol. The Balaban J connectivity index is 1.62. The third-order valence-corrected chi connectivity index (χ3v) is 8.19. The van der Waals surface area contributed by atoms with Gasteiger partial charge in [0.25, 0.3) is 0 Å². The fourth-order valence-corrected chi connectivity index (χ4v) is 6.55. The molecule has 0 spiro atoms. The SMILES string of the molecule is CCC1Cc2cccc(C3=C(C)C(C)c4c3ccc3sc5ccccc5c43)c2N1. The van der Waals surface area contributed by atoms with Gasteiger partial charge in [-0.2, -0.15) is 0 Å². The van der Waals surface area contributed by atoms with E-state index in [4.69, 9.17) is 0 Å². The number of fused-ring (bicyclic) bond motifs is 6. The third-order valence-electron chi connectivity index (χ3n) is 7.06. The average Bonchev–Trinajstić information content (AvgIpc) is 3.40. The van der Waals surface area contributed by atoms with Gasteiger partial charge in [-0.25, -0.2) is 0 Å². The van der Waals surface area contributed by atoms with Crippen LogP contribution < -0.4 is 5.32 Å². The first-order valence-electron chi connectivity index (χ1n) is 10.7. The predicted octanol–water partition coefficient (Wildman–Crippen LogP) is 7.74. The van der Waals surface area contributed by atoms with Crippen molar-refractivity contribution in [1.82, 2.24) is 0 Å². The minimum absolute atomic E-state index is 0.445. The molecule has 1 nitrogen and oxygen atoms in total. The summed E-state index contributed by atoms with van der Waals surface area (Å²) in [6, 6.07) is 21.0. The van der Waals surface area contributed by atoms with Crippen molar-refractivity contribution >= 4 is 42.8 Å². The molecule has 1 N–H and O–H groups in total. The van der Waals surface area contributed by atoms with Crippen molar-refractivity contribution in [2.75, 3.05) is 5.32 Å². The van der Waals surface area contributed by atoms with Crippen LogP contribution in [0, 0.1) is 0 Å². The molecule has 1 aromatic heterocycles. The zero-order valence-corrected chi connectivity index (χ0v) is 18.0. The van der Waals surface area contributed by atoms with E-state index in [-0.39, 0.29) is 0 Å². The number of rotatable bonds is 2. The highest BCUT2D eigenvalue weighted by molar-refractivity contribution is 7.25. The summed E-state index contributed by atoms with van der Waals surface area (Å²) in [5, 5.41) is 6.70. The Morgan fingerprint density at radius 3 is 2.69 bits per heavy atom. The van der Waals surface area contributed by atoms with E-state index < -0.39 is 0 Å². The Kier molecular flexibility index (Phi) is 3.70. The van der Waals surface area contributed by atoms with Crippen molar-refractivity contribution in [3.8, 4) is 0 Å². The number of nitrogens with one attached hydrogen (secondary N) is 1. The van der Waals surface area contributed by atoms with Crippen LogP contribution in [0.15, 0.2) is 60.2 Å². The van der Waals surface area contributed by atoms with Crippen molar-refractivity contribution in [2.45, 2.75) is 45.6 Å². The Morgan fingerprint density at radius 2 is 1.83 bits per heavy atom. The van der Waals surface area contributed by atoms with E-state index in [0.717, 1.165) is 6.42 Å². The second-order valence-corrected chi connectivity index (χ2v) is 9.65. The summed E-state index contributed by atoms with van der Waals surface area (Å²) in [5.74, 6) is 0.445. The quantitative estimate of drug-likeness (QED) is 0.366. The van der Waals surface area contributed by atoms with E-state index in [1.54, 1.807) is 0 Å². The van der Waals surface area contributed by atoms with E-state index >= 15 is 0 Å². The highest BCUT2D eigenvalue weighted by Gasteiger charge is 2.32. The van der Waals surface area contributed by atoms with Gasteiger partial charge < -0.3 is 5.32 Å². The van der Waals surface area contributed by atoms with Crippen LogP contribution in [0.2, 0.25) is 0 Å². The van der Waals surface area contributed by atoms with Crippen molar-refractivity contribution in [2.24, 2.45) is 0 Å². The number of thiophene rings is 1. The van der Waals surface area contributed by atoms with Crippen LogP contribution in [0.3, 0.4) is 0 Å². The van der Waals surface area contributed by atoms with Gasteiger partial charge in [0.05, 0.1) is 0 Å². The molecule has 2 heteroatoms. The van der Waals surface area contributed by atoms with Crippen LogP contribution in [-0.2, 0) is 6.42 Å². The molecule has 4 aromatic rings. The summed E-state index contributed by atoms with van der Waals surface area (Å²) >= 11 is 1.92. The molecular formula is C27H25NS.